The van der Waals surface area contributed by atoms with Gasteiger partial charge >= 0.3 is 0 Å². The first-order valence-electron chi connectivity index (χ1n) is 4.26. The minimum absolute atomic E-state index is 0.180. The minimum Gasteiger partial charge on any atom is -0.344 e. The molecule has 0 aliphatic rings. The molecule has 2 aromatic rings. The van der Waals surface area contributed by atoms with Crippen LogP contribution in [0.15, 0.2) is 24.7 Å². The number of H-pyrrole nitrogens is 1. The van der Waals surface area contributed by atoms with Gasteiger partial charge in [0.1, 0.15) is 6.33 Å². The first kappa shape index (κ1) is 9.25. The van der Waals surface area contributed by atoms with Gasteiger partial charge < -0.3 is 5.32 Å². The molecule has 0 saturated carbocycles. The maximum absolute atomic E-state index is 11.4. The number of nitrogens with one attached hydrogen (secondary N) is 2. The van der Waals surface area contributed by atoms with Crippen LogP contribution in [0.4, 0.5) is 0 Å². The Labute approximate surface area is 85.0 Å². The summed E-state index contributed by atoms with van der Waals surface area (Å²) < 4.78 is 0. The van der Waals surface area contributed by atoms with E-state index in [0.717, 1.165) is 0 Å². The zero-order valence-corrected chi connectivity index (χ0v) is 7.71. The van der Waals surface area contributed by atoms with Crippen LogP contribution in [0.5, 0.6) is 0 Å². The van der Waals surface area contributed by atoms with E-state index in [2.05, 4.69) is 30.7 Å². The predicted molar refractivity (Wildman–Crippen MR) is 49.6 cm³/mol. The van der Waals surface area contributed by atoms with E-state index in [1.54, 1.807) is 18.3 Å². The van der Waals surface area contributed by atoms with E-state index in [-0.39, 0.29) is 11.7 Å². The molecule has 0 unspecified atom stereocenters. The maximum atomic E-state index is 11.4. The number of hydrogen-bond donors (Lipinski definition) is 2. The number of aromatic nitrogens is 5. The van der Waals surface area contributed by atoms with E-state index < -0.39 is 0 Å². The number of nitrogens with zero attached hydrogens (tertiary/aromatic N) is 4. The van der Waals surface area contributed by atoms with Crippen LogP contribution in [0, 0.1) is 0 Å². The zero-order valence-electron chi connectivity index (χ0n) is 7.71. The standard InChI is InChI=1S/C8H8N6O/c15-8(7-10-5-12-14-7)9-4-6-2-1-3-11-13-6/h1-3,5H,4H2,(H,9,15)(H,10,12,14). The SMILES string of the molecule is O=C(NCc1cccnn1)c1ncn[nH]1. The summed E-state index contributed by atoms with van der Waals surface area (Å²) in [6, 6.07) is 3.52. The third-order valence-electron chi connectivity index (χ3n) is 1.69. The van der Waals surface area contributed by atoms with E-state index in [4.69, 9.17) is 0 Å². The highest BCUT2D eigenvalue weighted by molar-refractivity contribution is 5.90. The van der Waals surface area contributed by atoms with Gasteiger partial charge in [0.25, 0.3) is 5.91 Å². The summed E-state index contributed by atoms with van der Waals surface area (Å²) in [5, 5.41) is 16.2. The molecule has 0 radical (unpaired) electrons. The van der Waals surface area contributed by atoms with Gasteiger partial charge in [0.2, 0.25) is 5.82 Å². The third-order valence-corrected chi connectivity index (χ3v) is 1.69. The lowest BCUT2D eigenvalue weighted by molar-refractivity contribution is 0.0940. The second kappa shape index (κ2) is 4.27. The van der Waals surface area contributed by atoms with Crippen LogP contribution < -0.4 is 5.32 Å². The van der Waals surface area contributed by atoms with E-state index in [0.29, 0.717) is 12.2 Å². The second-order valence-electron chi connectivity index (χ2n) is 2.73. The molecule has 1 amide bonds. The van der Waals surface area contributed by atoms with Gasteiger partial charge in [0.05, 0.1) is 12.2 Å². The van der Waals surface area contributed by atoms with Crippen LogP contribution in [0.1, 0.15) is 16.3 Å². The van der Waals surface area contributed by atoms with Crippen molar-refractivity contribution in [2.45, 2.75) is 6.54 Å². The van der Waals surface area contributed by atoms with Crippen LogP contribution in [0.2, 0.25) is 0 Å². The van der Waals surface area contributed by atoms with Crippen molar-refractivity contribution in [3.8, 4) is 0 Å². The lowest BCUT2D eigenvalue weighted by Gasteiger charge is -2.00. The molecule has 7 heteroatoms. The molecule has 2 N–H and O–H groups in total. The van der Waals surface area contributed by atoms with Crippen molar-refractivity contribution in [2.75, 3.05) is 0 Å². The Morgan fingerprint density at radius 3 is 3.13 bits per heavy atom. The molecule has 0 aliphatic heterocycles. The fraction of sp³-hybridized carbons (Fsp3) is 0.125. The minimum atomic E-state index is -0.321. The highest BCUT2D eigenvalue weighted by Crippen LogP contribution is 1.91. The molecule has 2 aromatic heterocycles. The van der Waals surface area contributed by atoms with E-state index >= 15 is 0 Å². The van der Waals surface area contributed by atoms with Crippen LogP contribution in [0.25, 0.3) is 0 Å². The Morgan fingerprint density at radius 2 is 2.47 bits per heavy atom. The molecule has 7 nitrogen and oxygen atoms in total. The first-order chi connectivity index (χ1) is 7.36. The molecule has 0 aliphatic carbocycles. The average Bonchev–Trinajstić information content (AvgIpc) is 2.81. The largest absolute Gasteiger partial charge is 0.344 e. The van der Waals surface area contributed by atoms with Gasteiger partial charge in [-0.15, -0.1) is 0 Å². The molecule has 15 heavy (non-hydrogen) atoms. The second-order valence-corrected chi connectivity index (χ2v) is 2.73. The first-order valence-corrected chi connectivity index (χ1v) is 4.26. The molecule has 0 aromatic carbocycles. The highest BCUT2D eigenvalue weighted by atomic mass is 16.2. The smallest absolute Gasteiger partial charge is 0.288 e. The number of carbonyl (C=O) groups is 1. The van der Waals surface area contributed by atoms with E-state index in [9.17, 15) is 4.79 Å². The summed E-state index contributed by atoms with van der Waals surface area (Å²) in [7, 11) is 0. The fourth-order valence-electron chi connectivity index (χ4n) is 0.997. The zero-order chi connectivity index (χ0) is 10.5. The van der Waals surface area contributed by atoms with Crippen molar-refractivity contribution in [1.82, 2.24) is 30.7 Å². The summed E-state index contributed by atoms with van der Waals surface area (Å²) in [4.78, 5) is 15.1. The van der Waals surface area contributed by atoms with Crippen molar-refractivity contribution in [3.05, 3.63) is 36.2 Å². The van der Waals surface area contributed by atoms with Crippen molar-refractivity contribution in [3.63, 3.8) is 0 Å². The number of amides is 1. The topological polar surface area (TPSA) is 96.5 Å². The molecule has 0 atom stereocenters. The predicted octanol–water partition coefficient (Wildman–Crippen LogP) is -0.475. The summed E-state index contributed by atoms with van der Waals surface area (Å²) in [6.07, 6.45) is 2.85. The Balaban J connectivity index is 1.92. The van der Waals surface area contributed by atoms with Crippen LogP contribution in [-0.2, 0) is 6.54 Å². The van der Waals surface area contributed by atoms with E-state index in [1.807, 2.05) is 0 Å². The van der Waals surface area contributed by atoms with Gasteiger partial charge in [0, 0.05) is 6.20 Å². The molecule has 0 fully saturated rings. The van der Waals surface area contributed by atoms with Gasteiger partial charge in [-0.25, -0.2) is 4.98 Å². The Kier molecular flexibility index (Phi) is 2.63. The van der Waals surface area contributed by atoms with Gasteiger partial charge in [-0.3, -0.25) is 9.89 Å². The Bertz CT molecular complexity index is 426. The van der Waals surface area contributed by atoms with Crippen LogP contribution >= 0.6 is 0 Å². The van der Waals surface area contributed by atoms with Crippen molar-refractivity contribution in [2.24, 2.45) is 0 Å². The highest BCUT2D eigenvalue weighted by Gasteiger charge is 2.07. The quantitative estimate of drug-likeness (QED) is 0.704. The normalized spacial score (nSPS) is 9.87. The molecule has 0 spiro atoms. The van der Waals surface area contributed by atoms with E-state index in [1.165, 1.54) is 6.33 Å². The number of carbonyl (C=O) groups excluding carboxylic acids is 1. The molecule has 2 heterocycles. The van der Waals surface area contributed by atoms with Crippen LogP contribution in [-0.4, -0.2) is 31.3 Å². The van der Waals surface area contributed by atoms with Crippen molar-refractivity contribution >= 4 is 5.91 Å². The molecular weight excluding hydrogens is 196 g/mol. The van der Waals surface area contributed by atoms with Crippen molar-refractivity contribution < 1.29 is 4.79 Å². The molecular formula is C8H8N6O. The van der Waals surface area contributed by atoms with Crippen molar-refractivity contribution in [1.29, 1.82) is 0 Å². The van der Waals surface area contributed by atoms with Gasteiger partial charge in [-0.1, -0.05) is 0 Å². The average molecular weight is 204 g/mol. The lowest BCUT2D eigenvalue weighted by Crippen LogP contribution is -2.24. The molecule has 0 saturated heterocycles. The Morgan fingerprint density at radius 1 is 1.53 bits per heavy atom. The fourth-order valence-corrected chi connectivity index (χ4v) is 0.997. The molecule has 76 valence electrons. The van der Waals surface area contributed by atoms with Gasteiger partial charge in [0.15, 0.2) is 0 Å². The monoisotopic (exact) mass is 204 g/mol. The Hall–Kier alpha value is -2.31. The number of hydrogen-bond acceptors (Lipinski definition) is 5. The number of aromatic amines is 1. The maximum Gasteiger partial charge on any atom is 0.288 e. The van der Waals surface area contributed by atoms with Crippen LogP contribution in [0.3, 0.4) is 0 Å². The summed E-state index contributed by atoms with van der Waals surface area (Å²) in [5.41, 5.74) is 0.686. The lowest BCUT2D eigenvalue weighted by atomic mass is 10.4. The molecule has 0 bridgehead atoms. The summed E-state index contributed by atoms with van der Waals surface area (Å²) in [6.45, 7) is 0.313. The summed E-state index contributed by atoms with van der Waals surface area (Å²) in [5.74, 6) is -0.142. The van der Waals surface area contributed by atoms with Gasteiger partial charge in [-0.2, -0.15) is 15.3 Å². The summed E-state index contributed by atoms with van der Waals surface area (Å²) >= 11 is 0. The third kappa shape index (κ3) is 2.33. The molecule has 2 rings (SSSR count). The van der Waals surface area contributed by atoms with Gasteiger partial charge in [-0.05, 0) is 12.1 Å². The number of rotatable bonds is 3.